The van der Waals surface area contributed by atoms with Crippen LogP contribution in [0.3, 0.4) is 0 Å². The molecule has 0 unspecified atom stereocenters. The summed E-state index contributed by atoms with van der Waals surface area (Å²) < 4.78 is 18.2. The third kappa shape index (κ3) is 3.29. The lowest BCUT2D eigenvalue weighted by atomic mass is 9.92. The normalized spacial score (nSPS) is 16.9. The van der Waals surface area contributed by atoms with Crippen molar-refractivity contribution in [2.24, 2.45) is 5.41 Å². The highest BCUT2D eigenvalue weighted by molar-refractivity contribution is 6.05. The topological polar surface area (TPSA) is 50.4 Å². The molecule has 108 valence electrons. The SMILES string of the molecule is COc1cc(C(=O)C=C2NCC(C)(C)CN2)ccc1F. The Bertz CT molecular complexity index is 541. The van der Waals surface area contributed by atoms with Gasteiger partial charge in [0.2, 0.25) is 0 Å². The molecule has 1 fully saturated rings. The van der Waals surface area contributed by atoms with Crippen molar-refractivity contribution >= 4 is 5.78 Å². The number of rotatable bonds is 3. The number of halogens is 1. The van der Waals surface area contributed by atoms with Crippen LogP contribution >= 0.6 is 0 Å². The van der Waals surface area contributed by atoms with Crippen molar-refractivity contribution < 1.29 is 13.9 Å². The van der Waals surface area contributed by atoms with E-state index in [-0.39, 0.29) is 16.9 Å². The minimum atomic E-state index is -0.479. The van der Waals surface area contributed by atoms with Crippen LogP contribution in [-0.4, -0.2) is 26.0 Å². The average Bonchev–Trinajstić information content (AvgIpc) is 2.41. The molecule has 0 atom stereocenters. The number of hydrogen-bond donors (Lipinski definition) is 2. The van der Waals surface area contributed by atoms with Crippen molar-refractivity contribution in [3.8, 4) is 5.75 Å². The van der Waals surface area contributed by atoms with Crippen molar-refractivity contribution in [3.63, 3.8) is 0 Å². The summed E-state index contributed by atoms with van der Waals surface area (Å²) in [6, 6.07) is 4.08. The van der Waals surface area contributed by atoms with E-state index in [4.69, 9.17) is 4.74 Å². The van der Waals surface area contributed by atoms with E-state index in [2.05, 4.69) is 24.5 Å². The zero-order valence-corrected chi connectivity index (χ0v) is 11.9. The Labute approximate surface area is 118 Å². The number of ether oxygens (including phenoxy) is 1. The number of methoxy groups -OCH3 is 1. The smallest absolute Gasteiger partial charge is 0.189 e. The van der Waals surface area contributed by atoms with E-state index in [1.54, 1.807) is 0 Å². The highest BCUT2D eigenvalue weighted by atomic mass is 19.1. The molecular formula is C15H19FN2O2. The van der Waals surface area contributed by atoms with Crippen LogP contribution in [0.25, 0.3) is 0 Å². The molecule has 5 heteroatoms. The molecule has 0 aliphatic carbocycles. The van der Waals surface area contributed by atoms with Crippen LogP contribution < -0.4 is 15.4 Å². The fourth-order valence-electron chi connectivity index (χ4n) is 1.92. The van der Waals surface area contributed by atoms with Gasteiger partial charge in [0.05, 0.1) is 7.11 Å². The number of hydrogen-bond acceptors (Lipinski definition) is 4. The molecule has 1 heterocycles. The minimum absolute atomic E-state index is 0.0694. The van der Waals surface area contributed by atoms with Crippen LogP contribution in [0.5, 0.6) is 5.75 Å². The molecule has 1 aromatic rings. The molecule has 1 aliphatic heterocycles. The van der Waals surface area contributed by atoms with Gasteiger partial charge in [0, 0.05) is 24.7 Å². The molecule has 20 heavy (non-hydrogen) atoms. The molecule has 2 N–H and O–H groups in total. The van der Waals surface area contributed by atoms with E-state index >= 15 is 0 Å². The third-order valence-corrected chi connectivity index (χ3v) is 3.23. The predicted molar refractivity (Wildman–Crippen MR) is 75.2 cm³/mol. The van der Waals surface area contributed by atoms with Gasteiger partial charge < -0.3 is 15.4 Å². The van der Waals surface area contributed by atoms with Crippen molar-refractivity contribution in [3.05, 3.63) is 41.5 Å². The first-order valence-corrected chi connectivity index (χ1v) is 6.49. The molecule has 1 aromatic carbocycles. The monoisotopic (exact) mass is 278 g/mol. The van der Waals surface area contributed by atoms with Crippen molar-refractivity contribution in [2.45, 2.75) is 13.8 Å². The number of allylic oxidation sites excluding steroid dienone is 1. The van der Waals surface area contributed by atoms with Gasteiger partial charge in [0.25, 0.3) is 0 Å². The van der Waals surface area contributed by atoms with Crippen LogP contribution in [0.2, 0.25) is 0 Å². The van der Waals surface area contributed by atoms with Gasteiger partial charge in [0.15, 0.2) is 17.3 Å². The predicted octanol–water partition coefficient (Wildman–Crippen LogP) is 2.08. The number of benzene rings is 1. The Morgan fingerprint density at radius 1 is 1.35 bits per heavy atom. The Morgan fingerprint density at radius 2 is 2.00 bits per heavy atom. The van der Waals surface area contributed by atoms with Gasteiger partial charge in [-0.25, -0.2) is 4.39 Å². The fourth-order valence-corrected chi connectivity index (χ4v) is 1.92. The van der Waals surface area contributed by atoms with Gasteiger partial charge in [0.1, 0.15) is 5.82 Å². The molecule has 0 amide bonds. The summed E-state index contributed by atoms with van der Waals surface area (Å²) in [4.78, 5) is 12.1. The number of carbonyl (C=O) groups excluding carboxylic acids is 1. The molecule has 0 aromatic heterocycles. The Balaban J connectivity index is 2.12. The van der Waals surface area contributed by atoms with E-state index < -0.39 is 5.82 Å². The number of ketones is 1. The molecule has 0 bridgehead atoms. The molecule has 1 aliphatic rings. The summed E-state index contributed by atoms with van der Waals surface area (Å²) in [6.07, 6.45) is 1.49. The number of carbonyl (C=O) groups is 1. The summed E-state index contributed by atoms with van der Waals surface area (Å²) in [5, 5.41) is 6.35. The highest BCUT2D eigenvalue weighted by Crippen LogP contribution is 2.20. The molecule has 2 rings (SSSR count). The van der Waals surface area contributed by atoms with Gasteiger partial charge in [-0.05, 0) is 23.6 Å². The Hall–Kier alpha value is -2.04. The van der Waals surface area contributed by atoms with Crippen LogP contribution in [-0.2, 0) is 0 Å². The summed E-state index contributed by atoms with van der Waals surface area (Å²) in [5.74, 6) is 0.0861. The Kier molecular flexibility index (Phi) is 3.97. The van der Waals surface area contributed by atoms with Crippen LogP contribution in [0.1, 0.15) is 24.2 Å². The second kappa shape index (κ2) is 5.53. The second-order valence-electron chi connectivity index (χ2n) is 5.64. The van der Waals surface area contributed by atoms with Crippen LogP contribution in [0.15, 0.2) is 30.1 Å². The first kappa shape index (κ1) is 14.4. The van der Waals surface area contributed by atoms with Crippen LogP contribution in [0.4, 0.5) is 4.39 Å². The standard InChI is InChI=1S/C15H19FN2O2/c1-15(2)8-17-14(18-9-15)7-12(19)10-4-5-11(16)13(6-10)20-3/h4-7,17-18H,8-9H2,1-3H3. The molecule has 1 saturated heterocycles. The minimum Gasteiger partial charge on any atom is -0.494 e. The highest BCUT2D eigenvalue weighted by Gasteiger charge is 2.23. The zero-order valence-electron chi connectivity index (χ0n) is 11.9. The van der Waals surface area contributed by atoms with E-state index in [1.165, 1.54) is 31.4 Å². The lowest BCUT2D eigenvalue weighted by Gasteiger charge is -2.33. The maximum Gasteiger partial charge on any atom is 0.189 e. The van der Waals surface area contributed by atoms with E-state index in [0.29, 0.717) is 11.4 Å². The summed E-state index contributed by atoms with van der Waals surface area (Å²) in [6.45, 7) is 5.87. The van der Waals surface area contributed by atoms with Crippen molar-refractivity contribution in [1.82, 2.24) is 10.6 Å². The Morgan fingerprint density at radius 3 is 2.60 bits per heavy atom. The van der Waals surface area contributed by atoms with Gasteiger partial charge in [-0.3, -0.25) is 4.79 Å². The molecular weight excluding hydrogens is 259 g/mol. The van der Waals surface area contributed by atoms with Gasteiger partial charge in [-0.1, -0.05) is 13.8 Å². The first-order chi connectivity index (χ1) is 9.41. The third-order valence-electron chi connectivity index (χ3n) is 3.23. The lowest BCUT2D eigenvalue weighted by Crippen LogP contribution is -2.47. The largest absolute Gasteiger partial charge is 0.494 e. The van der Waals surface area contributed by atoms with Crippen LogP contribution in [0, 0.1) is 11.2 Å². The summed E-state index contributed by atoms with van der Waals surface area (Å²) >= 11 is 0. The summed E-state index contributed by atoms with van der Waals surface area (Å²) in [7, 11) is 1.37. The molecule has 0 saturated carbocycles. The molecule has 0 radical (unpaired) electrons. The van der Waals surface area contributed by atoms with Gasteiger partial charge >= 0.3 is 0 Å². The quantitative estimate of drug-likeness (QED) is 0.656. The van der Waals surface area contributed by atoms with E-state index in [9.17, 15) is 9.18 Å². The van der Waals surface area contributed by atoms with Crippen molar-refractivity contribution in [2.75, 3.05) is 20.2 Å². The summed E-state index contributed by atoms with van der Waals surface area (Å²) in [5.41, 5.74) is 0.545. The average molecular weight is 278 g/mol. The second-order valence-corrected chi connectivity index (χ2v) is 5.64. The van der Waals surface area contributed by atoms with E-state index in [1.807, 2.05) is 0 Å². The maximum atomic E-state index is 13.3. The van der Waals surface area contributed by atoms with Gasteiger partial charge in [-0.15, -0.1) is 0 Å². The molecule has 4 nitrogen and oxygen atoms in total. The number of nitrogens with one attached hydrogen (secondary N) is 2. The zero-order chi connectivity index (χ0) is 14.8. The van der Waals surface area contributed by atoms with E-state index in [0.717, 1.165) is 13.1 Å². The fraction of sp³-hybridized carbons (Fsp3) is 0.400. The molecule has 0 spiro atoms. The van der Waals surface area contributed by atoms with Crippen molar-refractivity contribution in [1.29, 1.82) is 0 Å². The lowest BCUT2D eigenvalue weighted by molar-refractivity contribution is 0.104. The maximum absolute atomic E-state index is 13.3. The first-order valence-electron chi connectivity index (χ1n) is 6.49. The van der Waals surface area contributed by atoms with Gasteiger partial charge in [-0.2, -0.15) is 0 Å².